The third-order valence-electron chi connectivity index (χ3n) is 3.82. The number of carbonyl (C=O) groups is 1. The Morgan fingerprint density at radius 1 is 1.00 bits per heavy atom. The smallest absolute Gasteiger partial charge is 0.229 e. The fourth-order valence-corrected chi connectivity index (χ4v) is 2.58. The van der Waals surface area contributed by atoms with E-state index in [1.807, 2.05) is 56.3 Å². The number of nitrogens with zero attached hydrogens (tertiary/aromatic N) is 2. The lowest BCUT2D eigenvalue weighted by molar-refractivity contribution is 0.101. The fourth-order valence-electron chi connectivity index (χ4n) is 2.58. The Balaban J connectivity index is 1.77. The Morgan fingerprint density at radius 3 is 2.48 bits per heavy atom. The lowest BCUT2D eigenvalue weighted by Gasteiger charge is -2.11. The number of benzene rings is 2. The summed E-state index contributed by atoms with van der Waals surface area (Å²) in [6.07, 6.45) is 0. The average Bonchev–Trinajstić information content (AvgIpc) is 2.63. The van der Waals surface area contributed by atoms with Crippen LogP contribution in [0.25, 0.3) is 0 Å². The van der Waals surface area contributed by atoms with Crippen molar-refractivity contribution in [1.29, 1.82) is 0 Å². The third-order valence-corrected chi connectivity index (χ3v) is 3.82. The molecule has 0 bridgehead atoms. The summed E-state index contributed by atoms with van der Waals surface area (Å²) in [5.74, 6) is 1.98. The molecule has 3 aromatic rings. The summed E-state index contributed by atoms with van der Waals surface area (Å²) in [5.41, 5.74) is 3.14. The summed E-state index contributed by atoms with van der Waals surface area (Å²) in [6.45, 7) is 6.04. The van der Waals surface area contributed by atoms with Crippen molar-refractivity contribution in [2.75, 3.05) is 17.2 Å². The summed E-state index contributed by atoms with van der Waals surface area (Å²) in [7, 11) is 0. The molecule has 1 heterocycles. The molecule has 0 fully saturated rings. The first kappa shape index (κ1) is 18.4. The highest BCUT2D eigenvalue weighted by molar-refractivity contribution is 5.95. The number of anilines is 4. The van der Waals surface area contributed by atoms with Crippen molar-refractivity contribution in [2.45, 2.75) is 20.8 Å². The quantitative estimate of drug-likeness (QED) is 0.584. The molecule has 0 saturated heterocycles. The highest BCUT2D eigenvalue weighted by Crippen LogP contribution is 2.21. The number of aromatic nitrogens is 2. The molecule has 2 N–H and O–H groups in total. The van der Waals surface area contributed by atoms with E-state index in [0.29, 0.717) is 23.9 Å². The zero-order valence-corrected chi connectivity index (χ0v) is 15.6. The molecule has 27 heavy (non-hydrogen) atoms. The number of nitrogens with one attached hydrogen (secondary N) is 2. The minimum Gasteiger partial charge on any atom is -0.494 e. The van der Waals surface area contributed by atoms with Gasteiger partial charge < -0.3 is 15.4 Å². The van der Waals surface area contributed by atoms with Gasteiger partial charge in [-0.15, -0.1) is 0 Å². The second-order valence-electron chi connectivity index (χ2n) is 6.06. The van der Waals surface area contributed by atoms with Gasteiger partial charge in [0, 0.05) is 28.7 Å². The van der Waals surface area contributed by atoms with Crippen molar-refractivity contribution >= 4 is 28.9 Å². The number of aryl methyl sites for hydroxylation is 1. The van der Waals surface area contributed by atoms with Gasteiger partial charge in [-0.25, -0.2) is 4.98 Å². The number of hydrogen-bond donors (Lipinski definition) is 2. The van der Waals surface area contributed by atoms with E-state index in [9.17, 15) is 4.79 Å². The summed E-state index contributed by atoms with van der Waals surface area (Å²) in [6, 6.07) is 16.8. The first-order valence-corrected chi connectivity index (χ1v) is 8.77. The number of ether oxygens (including phenoxy) is 1. The minimum absolute atomic E-state index is 0.0235. The normalized spacial score (nSPS) is 10.3. The Labute approximate surface area is 158 Å². The van der Waals surface area contributed by atoms with E-state index in [1.165, 1.54) is 0 Å². The van der Waals surface area contributed by atoms with Gasteiger partial charge in [0.2, 0.25) is 5.95 Å². The zero-order valence-electron chi connectivity index (χ0n) is 15.6. The third kappa shape index (κ3) is 5.04. The van der Waals surface area contributed by atoms with Crippen LogP contribution in [0.4, 0.5) is 23.1 Å². The molecule has 6 nitrogen and oxygen atoms in total. The molecule has 0 spiro atoms. The first-order chi connectivity index (χ1) is 13.0. The number of rotatable bonds is 7. The standard InChI is InChI=1S/C21H22N4O2/c1-4-27-19-10-8-17(9-11-19)24-21-22-14(2)12-20(25-21)23-18-7-5-6-16(13-18)15(3)26/h5-13H,4H2,1-3H3,(H2,22,23,24,25). The van der Waals surface area contributed by atoms with Crippen LogP contribution in [-0.4, -0.2) is 22.4 Å². The van der Waals surface area contributed by atoms with E-state index >= 15 is 0 Å². The van der Waals surface area contributed by atoms with Gasteiger partial charge in [0.1, 0.15) is 11.6 Å². The summed E-state index contributed by atoms with van der Waals surface area (Å²) >= 11 is 0. The molecule has 138 valence electrons. The van der Waals surface area contributed by atoms with Crippen LogP contribution in [0.5, 0.6) is 5.75 Å². The first-order valence-electron chi connectivity index (χ1n) is 8.77. The highest BCUT2D eigenvalue weighted by Gasteiger charge is 2.06. The van der Waals surface area contributed by atoms with Crippen LogP contribution in [0.3, 0.4) is 0 Å². The van der Waals surface area contributed by atoms with Gasteiger partial charge in [0.25, 0.3) is 0 Å². The molecular weight excluding hydrogens is 340 g/mol. The molecule has 0 amide bonds. The summed E-state index contributed by atoms with van der Waals surface area (Å²) < 4.78 is 5.45. The second kappa shape index (κ2) is 8.31. The Hall–Kier alpha value is -3.41. The van der Waals surface area contributed by atoms with E-state index in [-0.39, 0.29) is 5.78 Å². The minimum atomic E-state index is 0.0235. The van der Waals surface area contributed by atoms with Crippen LogP contribution >= 0.6 is 0 Å². The van der Waals surface area contributed by atoms with Gasteiger partial charge in [-0.3, -0.25) is 4.79 Å². The SMILES string of the molecule is CCOc1ccc(Nc2nc(C)cc(Nc3cccc(C(C)=O)c3)n2)cc1. The molecule has 3 rings (SSSR count). The summed E-state index contributed by atoms with van der Waals surface area (Å²) in [5, 5.41) is 6.43. The topological polar surface area (TPSA) is 76.1 Å². The maximum Gasteiger partial charge on any atom is 0.229 e. The Kier molecular flexibility index (Phi) is 5.66. The van der Waals surface area contributed by atoms with Crippen molar-refractivity contribution in [3.05, 3.63) is 65.9 Å². The molecule has 0 radical (unpaired) electrons. The maximum absolute atomic E-state index is 11.6. The van der Waals surface area contributed by atoms with Gasteiger partial charge in [0.05, 0.1) is 6.61 Å². The number of carbonyl (C=O) groups excluding carboxylic acids is 1. The van der Waals surface area contributed by atoms with Gasteiger partial charge in [-0.05, 0) is 57.2 Å². The van der Waals surface area contributed by atoms with Gasteiger partial charge in [-0.1, -0.05) is 12.1 Å². The van der Waals surface area contributed by atoms with E-state index in [4.69, 9.17) is 4.74 Å². The predicted molar refractivity (Wildman–Crippen MR) is 107 cm³/mol. The fraction of sp³-hybridized carbons (Fsp3) is 0.190. The molecule has 0 aliphatic rings. The largest absolute Gasteiger partial charge is 0.494 e. The van der Waals surface area contributed by atoms with Crippen molar-refractivity contribution < 1.29 is 9.53 Å². The van der Waals surface area contributed by atoms with E-state index < -0.39 is 0 Å². The molecule has 0 unspecified atom stereocenters. The van der Waals surface area contributed by atoms with Crippen LogP contribution in [0.2, 0.25) is 0 Å². The lowest BCUT2D eigenvalue weighted by Crippen LogP contribution is -2.03. The molecule has 0 aliphatic heterocycles. The molecule has 1 aromatic heterocycles. The number of Topliss-reactive ketones (excluding diaryl/α,β-unsaturated/α-hetero) is 1. The van der Waals surface area contributed by atoms with Crippen LogP contribution in [0, 0.1) is 6.92 Å². The van der Waals surface area contributed by atoms with Crippen molar-refractivity contribution in [3.63, 3.8) is 0 Å². The second-order valence-corrected chi connectivity index (χ2v) is 6.06. The van der Waals surface area contributed by atoms with Crippen molar-refractivity contribution in [2.24, 2.45) is 0 Å². The Bertz CT molecular complexity index is 939. The molecule has 0 atom stereocenters. The predicted octanol–water partition coefficient (Wildman–Crippen LogP) is 4.87. The van der Waals surface area contributed by atoms with Gasteiger partial charge in [-0.2, -0.15) is 4.98 Å². The lowest BCUT2D eigenvalue weighted by atomic mass is 10.1. The molecule has 0 aliphatic carbocycles. The number of ketones is 1. The zero-order chi connectivity index (χ0) is 19.2. The Morgan fingerprint density at radius 2 is 1.78 bits per heavy atom. The van der Waals surface area contributed by atoms with Crippen LogP contribution < -0.4 is 15.4 Å². The van der Waals surface area contributed by atoms with Gasteiger partial charge >= 0.3 is 0 Å². The van der Waals surface area contributed by atoms with Crippen LogP contribution in [0.15, 0.2) is 54.6 Å². The van der Waals surface area contributed by atoms with E-state index in [0.717, 1.165) is 22.8 Å². The van der Waals surface area contributed by atoms with Crippen molar-refractivity contribution in [1.82, 2.24) is 9.97 Å². The van der Waals surface area contributed by atoms with Gasteiger partial charge in [0.15, 0.2) is 5.78 Å². The highest BCUT2D eigenvalue weighted by atomic mass is 16.5. The van der Waals surface area contributed by atoms with E-state index in [1.54, 1.807) is 19.1 Å². The molecule has 0 saturated carbocycles. The number of hydrogen-bond acceptors (Lipinski definition) is 6. The monoisotopic (exact) mass is 362 g/mol. The molecule has 2 aromatic carbocycles. The van der Waals surface area contributed by atoms with E-state index in [2.05, 4.69) is 20.6 Å². The van der Waals surface area contributed by atoms with Crippen LogP contribution in [-0.2, 0) is 0 Å². The summed E-state index contributed by atoms with van der Waals surface area (Å²) in [4.78, 5) is 20.5. The molecular formula is C21H22N4O2. The molecule has 6 heteroatoms. The average molecular weight is 362 g/mol. The van der Waals surface area contributed by atoms with Crippen LogP contribution in [0.1, 0.15) is 29.9 Å². The maximum atomic E-state index is 11.6. The van der Waals surface area contributed by atoms with Crippen molar-refractivity contribution in [3.8, 4) is 5.75 Å².